The Morgan fingerprint density at radius 2 is 2.06 bits per heavy atom. The van der Waals surface area contributed by atoms with Crippen molar-refractivity contribution in [3.8, 4) is 0 Å². The maximum atomic E-state index is 11.6. The molecule has 2 aromatic rings. The Hall–Kier alpha value is -1.77. The molecule has 0 amide bonds. The topological polar surface area (TPSA) is 42.1 Å². The second kappa shape index (κ2) is 6.09. The van der Waals surface area contributed by atoms with Crippen LogP contribution in [0.15, 0.2) is 24.4 Å². The number of nitrogens with one attached hydrogen (secondary N) is 1. The first-order valence-corrected chi connectivity index (χ1v) is 5.97. The van der Waals surface area contributed by atoms with E-state index in [1.54, 1.807) is 0 Å². The number of carbonyl (C=O) groups is 1. The lowest BCUT2D eigenvalue weighted by molar-refractivity contribution is 0.0525. The van der Waals surface area contributed by atoms with E-state index in [0.29, 0.717) is 12.2 Å². The van der Waals surface area contributed by atoms with Crippen LogP contribution in [0.25, 0.3) is 10.9 Å². The zero-order valence-corrected chi connectivity index (χ0v) is 10.8. The number of rotatable bonds is 2. The van der Waals surface area contributed by atoms with Gasteiger partial charge in [-0.1, -0.05) is 13.8 Å². The van der Waals surface area contributed by atoms with Crippen molar-refractivity contribution in [3.63, 3.8) is 0 Å². The van der Waals surface area contributed by atoms with Crippen LogP contribution in [0.3, 0.4) is 0 Å². The number of hydrogen-bond acceptors (Lipinski definition) is 2. The van der Waals surface area contributed by atoms with Crippen LogP contribution in [0.5, 0.6) is 0 Å². The third-order valence-corrected chi connectivity index (χ3v) is 2.39. The first-order valence-electron chi connectivity index (χ1n) is 5.97. The Morgan fingerprint density at radius 3 is 2.71 bits per heavy atom. The molecular formula is C14H19NO2. The molecule has 1 aromatic heterocycles. The van der Waals surface area contributed by atoms with Crippen molar-refractivity contribution in [2.75, 3.05) is 6.61 Å². The molecule has 0 fully saturated rings. The molecule has 0 aliphatic rings. The van der Waals surface area contributed by atoms with E-state index < -0.39 is 0 Å². The van der Waals surface area contributed by atoms with Gasteiger partial charge >= 0.3 is 5.97 Å². The van der Waals surface area contributed by atoms with Gasteiger partial charge in [-0.3, -0.25) is 0 Å². The van der Waals surface area contributed by atoms with Crippen LogP contribution in [-0.2, 0) is 4.74 Å². The number of benzene rings is 1. The number of carbonyl (C=O) groups excluding carboxylic acids is 1. The lowest BCUT2D eigenvalue weighted by atomic mass is 10.1. The number of esters is 1. The third kappa shape index (κ3) is 2.87. The second-order valence-corrected chi connectivity index (χ2v) is 3.45. The van der Waals surface area contributed by atoms with E-state index >= 15 is 0 Å². The zero-order valence-electron chi connectivity index (χ0n) is 10.8. The Balaban J connectivity index is 0.000000686. The molecule has 0 spiro atoms. The largest absolute Gasteiger partial charge is 0.462 e. The van der Waals surface area contributed by atoms with Gasteiger partial charge in [-0.2, -0.15) is 0 Å². The molecule has 2 rings (SSSR count). The molecule has 0 aliphatic carbocycles. The number of aryl methyl sites for hydroxylation is 1. The minimum Gasteiger partial charge on any atom is -0.462 e. The highest BCUT2D eigenvalue weighted by molar-refractivity contribution is 5.96. The molecule has 1 heterocycles. The lowest BCUT2D eigenvalue weighted by Crippen LogP contribution is -2.06. The first kappa shape index (κ1) is 13.3. The first-order chi connectivity index (χ1) is 8.22. The predicted octanol–water partition coefficient (Wildman–Crippen LogP) is 3.68. The molecule has 1 N–H and O–H groups in total. The Bertz CT molecular complexity index is 500. The minimum absolute atomic E-state index is 0.252. The highest BCUT2D eigenvalue weighted by Crippen LogP contribution is 2.19. The number of aromatic amines is 1. The van der Waals surface area contributed by atoms with Crippen LogP contribution in [0, 0.1) is 6.92 Å². The van der Waals surface area contributed by atoms with Gasteiger partial charge in [0, 0.05) is 17.1 Å². The van der Waals surface area contributed by atoms with Gasteiger partial charge in [0.1, 0.15) is 0 Å². The van der Waals surface area contributed by atoms with Crippen molar-refractivity contribution in [3.05, 3.63) is 35.5 Å². The van der Waals surface area contributed by atoms with Gasteiger partial charge < -0.3 is 9.72 Å². The predicted molar refractivity (Wildman–Crippen MR) is 70.3 cm³/mol. The number of hydrogen-bond donors (Lipinski definition) is 1. The quantitative estimate of drug-likeness (QED) is 0.804. The second-order valence-electron chi connectivity index (χ2n) is 3.45. The van der Waals surface area contributed by atoms with Crippen molar-refractivity contribution < 1.29 is 9.53 Å². The van der Waals surface area contributed by atoms with E-state index in [9.17, 15) is 4.79 Å². The van der Waals surface area contributed by atoms with Crippen LogP contribution >= 0.6 is 0 Å². The third-order valence-electron chi connectivity index (χ3n) is 2.39. The molecule has 0 saturated heterocycles. The van der Waals surface area contributed by atoms with Gasteiger partial charge in [0.05, 0.1) is 12.2 Å². The Kier molecular flexibility index (Phi) is 4.76. The van der Waals surface area contributed by atoms with Crippen LogP contribution in [0.4, 0.5) is 0 Å². The van der Waals surface area contributed by atoms with Crippen LogP contribution < -0.4 is 0 Å². The molecular weight excluding hydrogens is 214 g/mol. The van der Waals surface area contributed by atoms with E-state index in [4.69, 9.17) is 4.74 Å². The molecule has 0 saturated carbocycles. The zero-order chi connectivity index (χ0) is 12.8. The van der Waals surface area contributed by atoms with E-state index in [1.807, 2.05) is 52.1 Å². The minimum atomic E-state index is -0.252. The van der Waals surface area contributed by atoms with Gasteiger partial charge in [0.25, 0.3) is 0 Å². The summed E-state index contributed by atoms with van der Waals surface area (Å²) in [5.74, 6) is -0.252. The summed E-state index contributed by atoms with van der Waals surface area (Å²) in [4.78, 5) is 14.7. The normalized spacial score (nSPS) is 9.65. The monoisotopic (exact) mass is 233 g/mol. The van der Waals surface area contributed by atoms with E-state index in [1.165, 1.54) is 0 Å². The maximum Gasteiger partial charge on any atom is 0.338 e. The maximum absolute atomic E-state index is 11.6. The molecule has 0 bridgehead atoms. The molecule has 3 nitrogen and oxygen atoms in total. The summed E-state index contributed by atoms with van der Waals surface area (Å²) < 4.78 is 4.99. The molecule has 1 aromatic carbocycles. The van der Waals surface area contributed by atoms with Gasteiger partial charge in [-0.15, -0.1) is 0 Å². The molecule has 17 heavy (non-hydrogen) atoms. The van der Waals surface area contributed by atoms with Crippen molar-refractivity contribution in [2.45, 2.75) is 27.7 Å². The standard InChI is InChI=1S/C12H13NO2.C2H6/c1-3-15-12(14)10-7-9-4-5-13-11(9)6-8(10)2;1-2/h4-7,13H,3H2,1-2H3;1-2H3. The summed E-state index contributed by atoms with van der Waals surface area (Å²) in [7, 11) is 0. The van der Waals surface area contributed by atoms with Crippen molar-refractivity contribution >= 4 is 16.9 Å². The number of fused-ring (bicyclic) bond motifs is 1. The Labute approximate surface area is 102 Å². The lowest BCUT2D eigenvalue weighted by Gasteiger charge is -2.05. The summed E-state index contributed by atoms with van der Waals surface area (Å²) >= 11 is 0. The average Bonchev–Trinajstić information content (AvgIpc) is 2.78. The molecule has 0 aliphatic heterocycles. The van der Waals surface area contributed by atoms with Crippen molar-refractivity contribution in [2.24, 2.45) is 0 Å². The van der Waals surface area contributed by atoms with Gasteiger partial charge in [0.15, 0.2) is 0 Å². The molecule has 92 valence electrons. The van der Waals surface area contributed by atoms with Crippen LogP contribution in [-0.4, -0.2) is 17.6 Å². The average molecular weight is 233 g/mol. The summed E-state index contributed by atoms with van der Waals surface area (Å²) in [6, 6.07) is 5.76. The highest BCUT2D eigenvalue weighted by Gasteiger charge is 2.11. The SMILES string of the molecule is CC.CCOC(=O)c1cc2cc[nH]c2cc1C. The summed E-state index contributed by atoms with van der Waals surface area (Å²) in [6.07, 6.45) is 1.86. The van der Waals surface area contributed by atoms with Gasteiger partial charge in [-0.05, 0) is 37.6 Å². The van der Waals surface area contributed by atoms with Gasteiger partial charge in [-0.25, -0.2) is 4.79 Å². The smallest absolute Gasteiger partial charge is 0.338 e. The van der Waals surface area contributed by atoms with E-state index in [0.717, 1.165) is 16.5 Å². The van der Waals surface area contributed by atoms with Gasteiger partial charge in [0.2, 0.25) is 0 Å². The fourth-order valence-corrected chi connectivity index (χ4v) is 1.64. The summed E-state index contributed by atoms with van der Waals surface area (Å²) in [6.45, 7) is 8.12. The van der Waals surface area contributed by atoms with Crippen LogP contribution in [0.1, 0.15) is 36.7 Å². The van der Waals surface area contributed by atoms with Crippen LogP contribution in [0.2, 0.25) is 0 Å². The van der Waals surface area contributed by atoms with Crippen molar-refractivity contribution in [1.82, 2.24) is 4.98 Å². The molecule has 0 radical (unpaired) electrons. The number of H-pyrrole nitrogens is 1. The van der Waals surface area contributed by atoms with E-state index in [-0.39, 0.29) is 5.97 Å². The molecule has 3 heteroatoms. The Morgan fingerprint density at radius 1 is 1.35 bits per heavy atom. The van der Waals surface area contributed by atoms with Crippen molar-refractivity contribution in [1.29, 1.82) is 0 Å². The fourth-order valence-electron chi connectivity index (χ4n) is 1.64. The van der Waals surface area contributed by atoms with E-state index in [2.05, 4.69) is 4.98 Å². The molecule has 0 atom stereocenters. The molecule has 0 unspecified atom stereocenters. The summed E-state index contributed by atoms with van der Waals surface area (Å²) in [5.41, 5.74) is 2.62. The number of ether oxygens (including phenoxy) is 1. The fraction of sp³-hybridized carbons (Fsp3) is 0.357. The highest BCUT2D eigenvalue weighted by atomic mass is 16.5. The summed E-state index contributed by atoms with van der Waals surface area (Å²) in [5, 5.41) is 1.03. The number of aromatic nitrogens is 1.